The highest BCUT2D eigenvalue weighted by molar-refractivity contribution is 5.81. The summed E-state index contributed by atoms with van der Waals surface area (Å²) in [6.07, 6.45) is 0.495. The smallest absolute Gasteiger partial charge is 0.330 e. The maximum Gasteiger partial charge on any atom is 0.330 e. The summed E-state index contributed by atoms with van der Waals surface area (Å²) in [6, 6.07) is 0. The topological polar surface area (TPSA) is 99.5 Å². The van der Waals surface area contributed by atoms with Crippen molar-refractivity contribution in [3.8, 4) is 0 Å². The quantitative estimate of drug-likeness (QED) is 0.285. The van der Waals surface area contributed by atoms with Gasteiger partial charge in [0.2, 0.25) is 0 Å². The van der Waals surface area contributed by atoms with E-state index >= 15 is 0 Å². The van der Waals surface area contributed by atoms with Crippen molar-refractivity contribution in [2.45, 2.75) is 26.3 Å². The summed E-state index contributed by atoms with van der Waals surface area (Å²) in [4.78, 5) is 25.2. The molecule has 0 amide bonds. The first-order valence-corrected chi connectivity index (χ1v) is 7.24. The van der Waals surface area contributed by atoms with E-state index in [4.69, 9.17) is 9.47 Å². The SMILES string of the molecule is C=CC(=O)OCCN(CN(CCOC(=O)C=C)C(C)O)C(C)O. The fourth-order valence-electron chi connectivity index (χ4n) is 1.63. The van der Waals surface area contributed by atoms with Gasteiger partial charge in [-0.3, -0.25) is 9.80 Å². The number of nitrogens with zero attached hydrogens (tertiary/aromatic N) is 2. The van der Waals surface area contributed by atoms with E-state index in [9.17, 15) is 19.8 Å². The van der Waals surface area contributed by atoms with Gasteiger partial charge >= 0.3 is 11.9 Å². The molecule has 0 radical (unpaired) electrons. The lowest BCUT2D eigenvalue weighted by Crippen LogP contribution is -2.48. The van der Waals surface area contributed by atoms with Gasteiger partial charge in [0.05, 0.1) is 6.67 Å². The Bertz CT molecular complexity index is 361. The number of aliphatic hydroxyl groups excluding tert-OH is 2. The number of esters is 2. The average Bonchev–Trinajstić information content (AvgIpc) is 2.51. The van der Waals surface area contributed by atoms with E-state index < -0.39 is 24.4 Å². The number of hydrogen-bond donors (Lipinski definition) is 2. The summed E-state index contributed by atoms with van der Waals surface area (Å²) in [5, 5.41) is 19.6. The molecule has 0 rings (SSSR count). The van der Waals surface area contributed by atoms with Crippen molar-refractivity contribution in [2.24, 2.45) is 0 Å². The van der Waals surface area contributed by atoms with E-state index in [0.29, 0.717) is 0 Å². The lowest BCUT2D eigenvalue weighted by Gasteiger charge is -2.33. The Morgan fingerprint density at radius 2 is 1.30 bits per heavy atom. The Morgan fingerprint density at radius 3 is 1.57 bits per heavy atom. The van der Waals surface area contributed by atoms with Gasteiger partial charge in [-0.15, -0.1) is 0 Å². The van der Waals surface area contributed by atoms with E-state index in [1.54, 1.807) is 23.6 Å². The molecule has 0 bridgehead atoms. The highest BCUT2D eigenvalue weighted by atomic mass is 16.5. The molecule has 0 aliphatic carbocycles. The third-order valence-corrected chi connectivity index (χ3v) is 3.00. The summed E-state index contributed by atoms with van der Waals surface area (Å²) in [7, 11) is 0. The zero-order valence-electron chi connectivity index (χ0n) is 13.7. The van der Waals surface area contributed by atoms with Crippen LogP contribution in [-0.2, 0) is 19.1 Å². The van der Waals surface area contributed by atoms with Crippen molar-refractivity contribution in [2.75, 3.05) is 33.0 Å². The Hall–Kier alpha value is -1.74. The van der Waals surface area contributed by atoms with Gasteiger partial charge in [-0.05, 0) is 13.8 Å². The molecule has 0 spiro atoms. The van der Waals surface area contributed by atoms with Crippen LogP contribution < -0.4 is 0 Å². The molecule has 8 nitrogen and oxygen atoms in total. The molecule has 2 atom stereocenters. The van der Waals surface area contributed by atoms with E-state index in [-0.39, 0.29) is 33.0 Å². The molecule has 0 aliphatic rings. The maximum absolute atomic E-state index is 11.0. The van der Waals surface area contributed by atoms with Crippen LogP contribution in [0.4, 0.5) is 0 Å². The molecular weight excluding hydrogens is 304 g/mol. The van der Waals surface area contributed by atoms with Gasteiger partial charge in [-0.1, -0.05) is 13.2 Å². The van der Waals surface area contributed by atoms with Crippen molar-refractivity contribution in [3.05, 3.63) is 25.3 Å². The number of carbonyl (C=O) groups is 2. The monoisotopic (exact) mass is 330 g/mol. The van der Waals surface area contributed by atoms with Crippen molar-refractivity contribution < 1.29 is 29.3 Å². The number of rotatable bonds is 12. The molecule has 0 heterocycles. The molecule has 0 aromatic heterocycles. The number of aliphatic hydroxyl groups is 2. The Kier molecular flexibility index (Phi) is 10.9. The first-order chi connectivity index (χ1) is 10.8. The molecule has 23 heavy (non-hydrogen) atoms. The summed E-state index contributed by atoms with van der Waals surface area (Å²) in [5.41, 5.74) is 0. The first kappa shape index (κ1) is 21.3. The van der Waals surface area contributed by atoms with E-state index in [0.717, 1.165) is 12.2 Å². The van der Waals surface area contributed by atoms with Crippen LogP contribution in [-0.4, -0.2) is 77.4 Å². The third kappa shape index (κ3) is 9.80. The van der Waals surface area contributed by atoms with Crippen molar-refractivity contribution in [1.82, 2.24) is 9.80 Å². The Balaban J connectivity index is 4.45. The van der Waals surface area contributed by atoms with Gasteiger partial charge in [0, 0.05) is 25.2 Å². The minimum atomic E-state index is -0.811. The Morgan fingerprint density at radius 1 is 0.957 bits per heavy atom. The van der Waals surface area contributed by atoms with Crippen LogP contribution >= 0.6 is 0 Å². The standard InChI is InChI=1S/C15H26N2O6/c1-5-14(20)22-9-7-16(12(3)18)11-17(13(4)19)8-10-23-15(21)6-2/h5-6,12-13,18-19H,1-2,7-11H2,3-4H3. The summed E-state index contributed by atoms with van der Waals surface area (Å²) in [6.45, 7) is 10.6. The highest BCUT2D eigenvalue weighted by Gasteiger charge is 2.19. The first-order valence-electron chi connectivity index (χ1n) is 7.24. The van der Waals surface area contributed by atoms with Crippen molar-refractivity contribution in [3.63, 3.8) is 0 Å². The molecule has 2 unspecified atom stereocenters. The van der Waals surface area contributed by atoms with Crippen molar-refractivity contribution in [1.29, 1.82) is 0 Å². The van der Waals surface area contributed by atoms with Crippen LogP contribution in [0.3, 0.4) is 0 Å². The average molecular weight is 330 g/mol. The van der Waals surface area contributed by atoms with Crippen LogP contribution in [0.25, 0.3) is 0 Å². The zero-order chi connectivity index (χ0) is 17.8. The normalized spacial score (nSPS) is 13.5. The largest absolute Gasteiger partial charge is 0.461 e. The summed E-state index contributed by atoms with van der Waals surface area (Å²) in [5.74, 6) is -1.08. The molecule has 0 saturated carbocycles. The molecular formula is C15H26N2O6. The predicted octanol–water partition coefficient (Wildman–Crippen LogP) is -0.317. The lowest BCUT2D eigenvalue weighted by atomic mass is 10.4. The van der Waals surface area contributed by atoms with Crippen LogP contribution in [0.2, 0.25) is 0 Å². The van der Waals surface area contributed by atoms with Crippen LogP contribution in [0.15, 0.2) is 25.3 Å². The van der Waals surface area contributed by atoms with Gasteiger partial charge in [0.15, 0.2) is 0 Å². The predicted molar refractivity (Wildman–Crippen MR) is 84.0 cm³/mol. The van der Waals surface area contributed by atoms with Crippen LogP contribution in [0, 0.1) is 0 Å². The number of ether oxygens (including phenoxy) is 2. The summed E-state index contributed by atoms with van der Waals surface area (Å²) >= 11 is 0. The molecule has 2 N–H and O–H groups in total. The fraction of sp³-hybridized carbons (Fsp3) is 0.600. The van der Waals surface area contributed by atoms with Gasteiger partial charge in [0.25, 0.3) is 0 Å². The fourth-order valence-corrected chi connectivity index (χ4v) is 1.63. The molecule has 132 valence electrons. The second kappa shape index (κ2) is 11.8. The van der Waals surface area contributed by atoms with Crippen LogP contribution in [0.5, 0.6) is 0 Å². The van der Waals surface area contributed by atoms with Gasteiger partial charge < -0.3 is 19.7 Å². The lowest BCUT2D eigenvalue weighted by molar-refractivity contribution is -0.141. The van der Waals surface area contributed by atoms with E-state index in [2.05, 4.69) is 13.2 Å². The molecule has 8 heteroatoms. The highest BCUT2D eigenvalue weighted by Crippen LogP contribution is 2.03. The summed E-state index contributed by atoms with van der Waals surface area (Å²) < 4.78 is 9.74. The molecule has 0 aliphatic heterocycles. The van der Waals surface area contributed by atoms with Crippen molar-refractivity contribution >= 4 is 11.9 Å². The second-order valence-electron chi connectivity index (χ2n) is 4.77. The van der Waals surface area contributed by atoms with Gasteiger partial charge in [-0.25, -0.2) is 9.59 Å². The van der Waals surface area contributed by atoms with E-state index in [1.807, 2.05) is 0 Å². The maximum atomic E-state index is 11.0. The number of carbonyl (C=O) groups excluding carboxylic acids is 2. The third-order valence-electron chi connectivity index (χ3n) is 3.00. The minimum Gasteiger partial charge on any atom is -0.461 e. The van der Waals surface area contributed by atoms with E-state index in [1.165, 1.54) is 0 Å². The molecule has 0 saturated heterocycles. The molecule has 0 aromatic carbocycles. The second-order valence-corrected chi connectivity index (χ2v) is 4.77. The molecule has 0 fully saturated rings. The zero-order valence-corrected chi connectivity index (χ0v) is 13.7. The number of hydrogen-bond acceptors (Lipinski definition) is 8. The molecule has 0 aromatic rings. The van der Waals surface area contributed by atoms with Gasteiger partial charge in [-0.2, -0.15) is 0 Å². The van der Waals surface area contributed by atoms with Gasteiger partial charge in [0.1, 0.15) is 25.7 Å². The van der Waals surface area contributed by atoms with Crippen LogP contribution in [0.1, 0.15) is 13.8 Å². The minimum absolute atomic E-state index is 0.0782. The Labute approximate surface area is 136 Å².